The van der Waals surface area contributed by atoms with E-state index in [1.165, 1.54) is 77.0 Å². The SMILES string of the molecule is CC/C=C\C/C=C\C/C=C\C/C=C\C/C=C\C/C=C\C/C=C\CCCC(=O)OC(COCCCCCCCCCCCC/C=C\C/C=C\CCCCC)COC1OC(CO)C(O)C(O)C1O. The van der Waals surface area contributed by atoms with Crippen LogP contribution in [0.25, 0.3) is 0 Å². The average molecular weight is 923 g/mol. The highest BCUT2D eigenvalue weighted by molar-refractivity contribution is 5.69. The lowest BCUT2D eigenvalue weighted by Gasteiger charge is -2.39. The molecule has 0 aromatic carbocycles. The van der Waals surface area contributed by atoms with Crippen molar-refractivity contribution in [3.05, 3.63) is 109 Å². The van der Waals surface area contributed by atoms with E-state index in [2.05, 4.69) is 123 Å². The molecule has 1 aliphatic heterocycles. The topological polar surface area (TPSA) is 135 Å². The summed E-state index contributed by atoms with van der Waals surface area (Å²) < 4.78 is 22.8. The van der Waals surface area contributed by atoms with E-state index in [9.17, 15) is 25.2 Å². The molecule has 0 spiro atoms. The molecule has 1 saturated heterocycles. The first-order chi connectivity index (χ1) is 32.4. The first-order valence-corrected chi connectivity index (χ1v) is 26.0. The molecule has 1 fully saturated rings. The van der Waals surface area contributed by atoms with Crippen LogP contribution in [0.15, 0.2) is 109 Å². The van der Waals surface area contributed by atoms with Gasteiger partial charge in [0.05, 0.1) is 19.8 Å². The minimum absolute atomic E-state index is 0.112. The maximum absolute atomic E-state index is 12.8. The van der Waals surface area contributed by atoms with Gasteiger partial charge in [-0.05, 0) is 96.3 Å². The quantitative estimate of drug-likeness (QED) is 0.0268. The number of hydrogen-bond acceptors (Lipinski definition) is 9. The first kappa shape index (κ1) is 60.9. The number of esters is 1. The van der Waals surface area contributed by atoms with Crippen molar-refractivity contribution in [2.75, 3.05) is 26.4 Å². The fourth-order valence-corrected chi connectivity index (χ4v) is 7.16. The lowest BCUT2D eigenvalue weighted by atomic mass is 9.99. The molecule has 1 rings (SSSR count). The van der Waals surface area contributed by atoms with E-state index >= 15 is 0 Å². The Morgan fingerprint density at radius 1 is 0.500 bits per heavy atom. The maximum atomic E-state index is 12.8. The predicted octanol–water partition coefficient (Wildman–Crippen LogP) is 12.9. The van der Waals surface area contributed by atoms with Gasteiger partial charge in [-0.15, -0.1) is 0 Å². The molecular formula is C57H94O9. The molecule has 0 radical (unpaired) electrons. The number of carbonyl (C=O) groups is 1. The highest BCUT2D eigenvalue weighted by atomic mass is 16.7. The van der Waals surface area contributed by atoms with Gasteiger partial charge < -0.3 is 39.4 Å². The van der Waals surface area contributed by atoms with Crippen LogP contribution in [0.2, 0.25) is 0 Å². The highest BCUT2D eigenvalue weighted by Crippen LogP contribution is 2.22. The Kier molecular flexibility index (Phi) is 43.3. The third-order valence-corrected chi connectivity index (χ3v) is 11.2. The number of hydrogen-bond donors (Lipinski definition) is 4. The Labute approximate surface area is 402 Å². The molecule has 0 bridgehead atoms. The molecule has 0 aliphatic carbocycles. The molecule has 0 amide bonds. The van der Waals surface area contributed by atoms with Crippen molar-refractivity contribution in [2.24, 2.45) is 0 Å². The van der Waals surface area contributed by atoms with Crippen LogP contribution in [-0.2, 0) is 23.7 Å². The average Bonchev–Trinajstić information content (AvgIpc) is 3.32. The molecule has 9 heteroatoms. The van der Waals surface area contributed by atoms with E-state index in [0.29, 0.717) is 13.0 Å². The van der Waals surface area contributed by atoms with Gasteiger partial charge in [-0.3, -0.25) is 4.79 Å². The zero-order valence-corrected chi connectivity index (χ0v) is 41.4. The number of carbonyl (C=O) groups excluding carboxylic acids is 1. The van der Waals surface area contributed by atoms with Crippen molar-refractivity contribution in [3.63, 3.8) is 0 Å². The van der Waals surface area contributed by atoms with E-state index in [0.717, 1.165) is 77.0 Å². The number of rotatable bonds is 43. The van der Waals surface area contributed by atoms with Crippen LogP contribution in [0, 0.1) is 0 Å². The van der Waals surface area contributed by atoms with Crippen LogP contribution in [0.1, 0.15) is 181 Å². The summed E-state index contributed by atoms with van der Waals surface area (Å²) in [5.74, 6) is -0.375. The van der Waals surface area contributed by atoms with Crippen molar-refractivity contribution >= 4 is 5.97 Å². The van der Waals surface area contributed by atoms with Crippen molar-refractivity contribution in [3.8, 4) is 0 Å². The summed E-state index contributed by atoms with van der Waals surface area (Å²) in [6, 6.07) is 0. The number of allylic oxidation sites excluding steroid dienone is 18. The summed E-state index contributed by atoms with van der Waals surface area (Å²) in [6.07, 6.45) is 59.8. The predicted molar refractivity (Wildman–Crippen MR) is 274 cm³/mol. The fourth-order valence-electron chi connectivity index (χ4n) is 7.16. The number of unbranched alkanes of at least 4 members (excludes halogenated alkanes) is 14. The van der Waals surface area contributed by atoms with Crippen LogP contribution in [0.3, 0.4) is 0 Å². The standard InChI is InChI=1S/C57H94O9/c1-3-5-7-9-11-13-15-17-19-21-23-25-26-27-28-30-32-34-36-38-40-42-44-46-53(59)65-51(50-64-57-56(62)55(61)54(60)52(48-58)66-57)49-63-47-45-43-41-39-37-35-33-31-29-24-22-20-18-16-14-12-10-8-6-4-2/h5,7,11-14,17-20,23,25,27-28,32,34,38,40,51-52,54-58,60-62H,3-4,6,8-10,15-16,21-22,24,26,29-31,33,35-37,39,41-50H2,1-2H3/b7-5-,13-11-,14-12-,19-17-,20-18-,25-23-,28-27-,34-32-,40-38-. The first-order valence-electron chi connectivity index (χ1n) is 26.0. The second-order valence-electron chi connectivity index (χ2n) is 17.2. The maximum Gasteiger partial charge on any atom is 0.306 e. The summed E-state index contributed by atoms with van der Waals surface area (Å²) >= 11 is 0. The van der Waals surface area contributed by atoms with Gasteiger partial charge in [0.1, 0.15) is 30.5 Å². The largest absolute Gasteiger partial charge is 0.457 e. The molecule has 0 aromatic heterocycles. The van der Waals surface area contributed by atoms with E-state index in [4.69, 9.17) is 18.9 Å². The van der Waals surface area contributed by atoms with Gasteiger partial charge in [0.25, 0.3) is 0 Å². The zero-order valence-electron chi connectivity index (χ0n) is 41.4. The Balaban J connectivity index is 2.27. The molecule has 9 nitrogen and oxygen atoms in total. The van der Waals surface area contributed by atoms with Crippen LogP contribution in [0.4, 0.5) is 0 Å². The smallest absolute Gasteiger partial charge is 0.306 e. The molecule has 66 heavy (non-hydrogen) atoms. The monoisotopic (exact) mass is 923 g/mol. The number of ether oxygens (including phenoxy) is 4. The second kappa shape index (κ2) is 46.9. The summed E-state index contributed by atoms with van der Waals surface area (Å²) in [7, 11) is 0. The van der Waals surface area contributed by atoms with Crippen molar-refractivity contribution in [2.45, 2.75) is 218 Å². The van der Waals surface area contributed by atoms with Crippen LogP contribution >= 0.6 is 0 Å². The normalized spacial score (nSPS) is 20.2. The van der Waals surface area contributed by atoms with Crippen molar-refractivity contribution in [1.29, 1.82) is 0 Å². The molecule has 376 valence electrons. The van der Waals surface area contributed by atoms with E-state index < -0.39 is 43.4 Å². The van der Waals surface area contributed by atoms with E-state index in [1.807, 2.05) is 0 Å². The van der Waals surface area contributed by atoms with Gasteiger partial charge in [0.15, 0.2) is 6.29 Å². The summed E-state index contributed by atoms with van der Waals surface area (Å²) in [4.78, 5) is 12.8. The van der Waals surface area contributed by atoms with Gasteiger partial charge in [0.2, 0.25) is 0 Å². The molecule has 1 heterocycles. The minimum atomic E-state index is -1.55. The van der Waals surface area contributed by atoms with Crippen molar-refractivity contribution in [1.82, 2.24) is 0 Å². The summed E-state index contributed by atoms with van der Waals surface area (Å²) in [6.45, 7) is 4.33. The Bertz CT molecular complexity index is 1370. The molecule has 6 atom stereocenters. The van der Waals surface area contributed by atoms with Gasteiger partial charge >= 0.3 is 5.97 Å². The van der Waals surface area contributed by atoms with Crippen molar-refractivity contribution < 1.29 is 44.2 Å². The second-order valence-corrected chi connectivity index (χ2v) is 17.2. The third kappa shape index (κ3) is 36.9. The van der Waals surface area contributed by atoms with Crippen LogP contribution in [0.5, 0.6) is 0 Å². The highest BCUT2D eigenvalue weighted by Gasteiger charge is 2.44. The Morgan fingerprint density at radius 3 is 1.39 bits per heavy atom. The number of aliphatic hydroxyl groups is 4. The van der Waals surface area contributed by atoms with E-state index in [-0.39, 0.29) is 25.6 Å². The fraction of sp³-hybridized carbons (Fsp3) is 0.667. The molecule has 6 unspecified atom stereocenters. The lowest BCUT2D eigenvalue weighted by molar-refractivity contribution is -0.305. The summed E-state index contributed by atoms with van der Waals surface area (Å²) in [5, 5.41) is 40.3. The minimum Gasteiger partial charge on any atom is -0.457 e. The van der Waals surface area contributed by atoms with Gasteiger partial charge in [0, 0.05) is 13.0 Å². The third-order valence-electron chi connectivity index (χ3n) is 11.2. The van der Waals surface area contributed by atoms with Gasteiger partial charge in [-0.2, -0.15) is 0 Å². The Hall–Kier alpha value is -3.15. The molecule has 4 N–H and O–H groups in total. The summed E-state index contributed by atoms with van der Waals surface area (Å²) in [5.41, 5.74) is 0. The van der Waals surface area contributed by atoms with E-state index in [1.54, 1.807) is 0 Å². The zero-order chi connectivity index (χ0) is 47.8. The molecule has 1 aliphatic rings. The molecule has 0 saturated carbocycles. The number of aliphatic hydroxyl groups excluding tert-OH is 4. The lowest BCUT2D eigenvalue weighted by Crippen LogP contribution is -2.59. The molecule has 0 aromatic rings. The molecular weight excluding hydrogens is 829 g/mol. The van der Waals surface area contributed by atoms with Gasteiger partial charge in [-0.1, -0.05) is 187 Å². The van der Waals surface area contributed by atoms with Crippen LogP contribution < -0.4 is 0 Å². The Morgan fingerprint density at radius 2 is 0.924 bits per heavy atom. The van der Waals surface area contributed by atoms with Gasteiger partial charge in [-0.25, -0.2) is 0 Å². The van der Waals surface area contributed by atoms with Crippen LogP contribution in [-0.4, -0.2) is 89.6 Å².